The number of aromatic nitrogens is 2. The van der Waals surface area contributed by atoms with Gasteiger partial charge in [-0.05, 0) is 38.5 Å². The van der Waals surface area contributed by atoms with Gasteiger partial charge in [0.2, 0.25) is 0 Å². The molecule has 2 rings (SSSR count). The number of aryl methyl sites for hydroxylation is 1. The number of benzene rings is 1. The second-order valence-electron chi connectivity index (χ2n) is 5.28. The van der Waals surface area contributed by atoms with Crippen LogP contribution in [0.5, 0.6) is 11.5 Å². The van der Waals surface area contributed by atoms with E-state index >= 15 is 0 Å². The van der Waals surface area contributed by atoms with Crippen LogP contribution in [0.1, 0.15) is 44.0 Å². The van der Waals surface area contributed by atoms with Gasteiger partial charge in [-0.25, -0.2) is 4.68 Å². The third kappa shape index (κ3) is 4.50. The van der Waals surface area contributed by atoms with Crippen molar-refractivity contribution in [2.24, 2.45) is 0 Å². The van der Waals surface area contributed by atoms with Crippen LogP contribution >= 0.6 is 0 Å². The Morgan fingerprint density at radius 3 is 2.71 bits per heavy atom. The molecule has 6 nitrogen and oxygen atoms in total. The Morgan fingerprint density at radius 2 is 2.00 bits per heavy atom. The Balaban J connectivity index is 2.14. The molecule has 0 aliphatic rings. The van der Waals surface area contributed by atoms with Crippen LogP contribution < -0.4 is 14.8 Å². The Hall–Kier alpha value is -2.50. The molecular formula is C18H25N3O3. The number of carbonyl (C=O) groups is 1. The lowest BCUT2D eigenvalue weighted by Crippen LogP contribution is -2.15. The monoisotopic (exact) mass is 331 g/mol. The number of nitrogens with zero attached hydrogens (tertiary/aromatic N) is 2. The summed E-state index contributed by atoms with van der Waals surface area (Å²) < 4.78 is 13.1. The molecular weight excluding hydrogens is 306 g/mol. The van der Waals surface area contributed by atoms with Gasteiger partial charge in [0.05, 0.1) is 19.4 Å². The molecule has 0 aliphatic heterocycles. The van der Waals surface area contributed by atoms with E-state index in [2.05, 4.69) is 17.3 Å². The van der Waals surface area contributed by atoms with Crippen LogP contribution in [0.15, 0.2) is 30.5 Å². The van der Waals surface area contributed by atoms with Crippen molar-refractivity contribution in [2.45, 2.75) is 40.2 Å². The summed E-state index contributed by atoms with van der Waals surface area (Å²) in [5, 5.41) is 7.01. The Bertz CT molecular complexity index is 667. The lowest BCUT2D eigenvalue weighted by Gasteiger charge is -2.13. The molecule has 130 valence electrons. The fourth-order valence-corrected chi connectivity index (χ4v) is 2.24. The third-order valence-electron chi connectivity index (χ3n) is 3.52. The number of rotatable bonds is 9. The maximum Gasteiger partial charge on any atom is 0.256 e. The van der Waals surface area contributed by atoms with Gasteiger partial charge in [0, 0.05) is 18.2 Å². The fourth-order valence-electron chi connectivity index (χ4n) is 2.24. The number of hydrogen-bond donors (Lipinski definition) is 1. The van der Waals surface area contributed by atoms with Gasteiger partial charge in [-0.2, -0.15) is 5.10 Å². The van der Waals surface area contributed by atoms with Gasteiger partial charge < -0.3 is 14.8 Å². The highest BCUT2D eigenvalue weighted by Gasteiger charge is 2.13. The van der Waals surface area contributed by atoms with E-state index in [1.54, 1.807) is 35.1 Å². The van der Waals surface area contributed by atoms with Crippen molar-refractivity contribution in [3.63, 3.8) is 0 Å². The van der Waals surface area contributed by atoms with Crippen molar-refractivity contribution in [1.29, 1.82) is 0 Å². The molecule has 0 saturated carbocycles. The maximum absolute atomic E-state index is 12.5. The lowest BCUT2D eigenvalue weighted by atomic mass is 10.2. The summed E-state index contributed by atoms with van der Waals surface area (Å²) in [4.78, 5) is 12.5. The number of nitrogens with one attached hydrogen (secondary N) is 1. The van der Waals surface area contributed by atoms with Crippen LogP contribution in [0.4, 0.5) is 5.82 Å². The second-order valence-corrected chi connectivity index (χ2v) is 5.28. The number of ether oxygens (including phenoxy) is 2. The molecule has 0 bridgehead atoms. The summed E-state index contributed by atoms with van der Waals surface area (Å²) in [6.45, 7) is 7.83. The van der Waals surface area contributed by atoms with Crippen LogP contribution in [-0.2, 0) is 6.54 Å². The average molecular weight is 331 g/mol. The van der Waals surface area contributed by atoms with Gasteiger partial charge >= 0.3 is 0 Å². The van der Waals surface area contributed by atoms with E-state index in [0.717, 1.165) is 12.8 Å². The molecule has 1 amide bonds. The molecule has 1 aromatic heterocycles. The molecule has 0 aliphatic carbocycles. The van der Waals surface area contributed by atoms with E-state index in [1.807, 2.05) is 13.8 Å². The highest BCUT2D eigenvalue weighted by Crippen LogP contribution is 2.29. The number of hydrogen-bond acceptors (Lipinski definition) is 4. The maximum atomic E-state index is 12.5. The number of amides is 1. The number of anilines is 1. The van der Waals surface area contributed by atoms with E-state index in [9.17, 15) is 4.79 Å². The number of carbonyl (C=O) groups excluding carboxylic acids is 1. The zero-order valence-electron chi connectivity index (χ0n) is 14.5. The van der Waals surface area contributed by atoms with E-state index in [0.29, 0.717) is 42.6 Å². The van der Waals surface area contributed by atoms with Gasteiger partial charge in [0.15, 0.2) is 11.5 Å². The van der Waals surface area contributed by atoms with E-state index < -0.39 is 0 Å². The van der Waals surface area contributed by atoms with Crippen LogP contribution in [-0.4, -0.2) is 28.9 Å². The normalized spacial score (nSPS) is 10.5. The first-order valence-corrected chi connectivity index (χ1v) is 8.42. The number of unbranched alkanes of at least 4 members (excludes halogenated alkanes) is 1. The van der Waals surface area contributed by atoms with Crippen molar-refractivity contribution < 1.29 is 14.3 Å². The van der Waals surface area contributed by atoms with Gasteiger partial charge in [-0.15, -0.1) is 0 Å². The predicted octanol–water partition coefficient (Wildman–Crippen LogP) is 3.73. The van der Waals surface area contributed by atoms with Gasteiger partial charge in [-0.3, -0.25) is 4.79 Å². The Morgan fingerprint density at radius 1 is 1.17 bits per heavy atom. The van der Waals surface area contributed by atoms with E-state index in [4.69, 9.17) is 9.47 Å². The predicted molar refractivity (Wildman–Crippen MR) is 93.9 cm³/mol. The van der Waals surface area contributed by atoms with Crippen LogP contribution in [0.2, 0.25) is 0 Å². The largest absolute Gasteiger partial charge is 0.490 e. The van der Waals surface area contributed by atoms with Gasteiger partial charge in [0.1, 0.15) is 5.82 Å². The molecule has 1 N–H and O–H groups in total. The summed E-state index contributed by atoms with van der Waals surface area (Å²) in [6.07, 6.45) is 3.71. The summed E-state index contributed by atoms with van der Waals surface area (Å²) in [6, 6.07) is 7.01. The molecule has 1 heterocycles. The minimum atomic E-state index is -0.203. The van der Waals surface area contributed by atoms with Crippen molar-refractivity contribution in [3.05, 3.63) is 36.0 Å². The van der Waals surface area contributed by atoms with E-state index in [-0.39, 0.29) is 5.91 Å². The summed E-state index contributed by atoms with van der Waals surface area (Å²) in [7, 11) is 0. The average Bonchev–Trinajstić information content (AvgIpc) is 3.03. The zero-order valence-corrected chi connectivity index (χ0v) is 14.5. The van der Waals surface area contributed by atoms with Crippen molar-refractivity contribution >= 4 is 11.7 Å². The van der Waals surface area contributed by atoms with Gasteiger partial charge in [0.25, 0.3) is 5.91 Å². The topological polar surface area (TPSA) is 65.4 Å². The first kappa shape index (κ1) is 17.8. The summed E-state index contributed by atoms with van der Waals surface area (Å²) in [5.74, 6) is 1.72. The lowest BCUT2D eigenvalue weighted by molar-refractivity contribution is 0.102. The minimum absolute atomic E-state index is 0.203. The van der Waals surface area contributed by atoms with Crippen LogP contribution in [0.3, 0.4) is 0 Å². The molecule has 0 spiro atoms. The van der Waals surface area contributed by atoms with Gasteiger partial charge in [-0.1, -0.05) is 13.3 Å². The quantitative estimate of drug-likeness (QED) is 0.711. The first-order valence-electron chi connectivity index (χ1n) is 8.42. The standard InChI is InChI=1S/C18H25N3O3/c1-4-7-12-24-15-9-8-14(13-16(15)23-6-3)18(22)20-17-10-11-19-21(17)5-2/h8-11,13H,4-7,12H2,1-3H3,(H,20,22). The highest BCUT2D eigenvalue weighted by atomic mass is 16.5. The first-order chi connectivity index (χ1) is 11.7. The van der Waals surface area contributed by atoms with Crippen molar-refractivity contribution in [2.75, 3.05) is 18.5 Å². The Labute approximate surface area is 142 Å². The molecule has 0 fully saturated rings. The van der Waals surface area contributed by atoms with Crippen molar-refractivity contribution in [1.82, 2.24) is 9.78 Å². The molecule has 1 aromatic carbocycles. The molecule has 0 radical (unpaired) electrons. The molecule has 0 unspecified atom stereocenters. The highest BCUT2D eigenvalue weighted by molar-refractivity contribution is 6.04. The molecule has 0 atom stereocenters. The fraction of sp³-hybridized carbons (Fsp3) is 0.444. The third-order valence-corrected chi connectivity index (χ3v) is 3.52. The van der Waals surface area contributed by atoms with Crippen molar-refractivity contribution in [3.8, 4) is 11.5 Å². The smallest absolute Gasteiger partial charge is 0.256 e. The summed E-state index contributed by atoms with van der Waals surface area (Å²) in [5.41, 5.74) is 0.519. The van der Waals surface area contributed by atoms with Crippen LogP contribution in [0, 0.1) is 0 Å². The molecule has 24 heavy (non-hydrogen) atoms. The molecule has 6 heteroatoms. The zero-order chi connectivity index (χ0) is 17.4. The second kappa shape index (κ2) is 8.96. The Kier molecular flexibility index (Phi) is 6.66. The SMILES string of the molecule is CCCCOc1ccc(C(=O)Nc2ccnn2CC)cc1OCC. The minimum Gasteiger partial charge on any atom is -0.490 e. The molecule has 0 saturated heterocycles. The molecule has 2 aromatic rings. The van der Waals surface area contributed by atoms with Crippen LogP contribution in [0.25, 0.3) is 0 Å². The van der Waals surface area contributed by atoms with E-state index in [1.165, 1.54) is 0 Å². The summed E-state index contributed by atoms with van der Waals surface area (Å²) >= 11 is 0.